The van der Waals surface area contributed by atoms with E-state index >= 15 is 0 Å². The van der Waals surface area contributed by atoms with Gasteiger partial charge in [0.15, 0.2) is 0 Å². The van der Waals surface area contributed by atoms with Crippen LogP contribution in [-0.4, -0.2) is 71.0 Å². The molecule has 10 heteroatoms. The van der Waals surface area contributed by atoms with Crippen molar-refractivity contribution < 1.29 is 27.7 Å². The van der Waals surface area contributed by atoms with E-state index in [1.807, 2.05) is 88.7 Å². The predicted octanol–water partition coefficient (Wildman–Crippen LogP) is 7.51. The first-order chi connectivity index (χ1) is 18.5. The maximum atomic E-state index is 11.9. The molecule has 2 aromatic rings. The minimum Gasteiger partial charge on any atom is -0.494 e. The topological polar surface area (TPSA) is 93.0 Å². The Morgan fingerprint density at radius 1 is 0.718 bits per heavy atom. The molecular formula is C29H48N4O5P+. The molecule has 0 amide bonds. The Bertz CT molecular complexity index is 1010. The predicted molar refractivity (Wildman–Crippen MR) is 158 cm³/mol. The van der Waals surface area contributed by atoms with Crippen molar-refractivity contribution in [3.8, 4) is 5.75 Å². The monoisotopic (exact) mass is 563 g/mol. The van der Waals surface area contributed by atoms with Gasteiger partial charge in [0.25, 0.3) is 0 Å². The Labute approximate surface area is 235 Å². The number of rotatable bonds is 20. The Balaban J connectivity index is 1.46. The zero-order valence-electron chi connectivity index (χ0n) is 24.4. The minimum atomic E-state index is -3.93. The van der Waals surface area contributed by atoms with Crippen LogP contribution in [0.5, 0.6) is 5.75 Å². The quantitative estimate of drug-likeness (QED) is 0.0776. The van der Waals surface area contributed by atoms with Gasteiger partial charge in [-0.3, -0.25) is 9.05 Å². The van der Waals surface area contributed by atoms with E-state index in [-0.39, 0.29) is 13.2 Å². The lowest BCUT2D eigenvalue weighted by Gasteiger charge is -2.24. The number of ether oxygens (including phenoxy) is 1. The lowest BCUT2D eigenvalue weighted by Crippen LogP contribution is -2.37. The fourth-order valence-corrected chi connectivity index (χ4v) is 4.39. The average molecular weight is 564 g/mol. The zero-order valence-corrected chi connectivity index (χ0v) is 25.3. The van der Waals surface area contributed by atoms with Crippen molar-refractivity contribution in [1.82, 2.24) is 0 Å². The molecule has 0 spiro atoms. The van der Waals surface area contributed by atoms with Gasteiger partial charge in [0.1, 0.15) is 18.9 Å². The van der Waals surface area contributed by atoms with Crippen LogP contribution in [0.1, 0.15) is 51.4 Å². The number of hydrogen-bond acceptors (Lipinski definition) is 7. The third-order valence-corrected chi connectivity index (χ3v) is 7.08. The van der Waals surface area contributed by atoms with Crippen molar-refractivity contribution in [2.45, 2.75) is 51.4 Å². The van der Waals surface area contributed by atoms with E-state index in [0.29, 0.717) is 17.6 Å². The molecule has 0 aliphatic carbocycles. The summed E-state index contributed by atoms with van der Waals surface area (Å²) in [6.45, 7) is 1.81. The summed E-state index contributed by atoms with van der Waals surface area (Å²) in [5.41, 5.74) is 2.74. The second-order valence-electron chi connectivity index (χ2n) is 10.9. The third-order valence-electron chi connectivity index (χ3n) is 6.06. The number of nitrogens with zero attached hydrogens (tertiary/aromatic N) is 4. The Hall–Kier alpha value is -2.29. The van der Waals surface area contributed by atoms with E-state index in [9.17, 15) is 9.46 Å². The number of azo groups is 1. The van der Waals surface area contributed by atoms with Crippen molar-refractivity contribution in [1.29, 1.82) is 0 Å². The van der Waals surface area contributed by atoms with Crippen LogP contribution in [0.2, 0.25) is 0 Å². The number of anilines is 1. The summed E-state index contributed by atoms with van der Waals surface area (Å²) >= 11 is 0. The molecule has 0 radical (unpaired) electrons. The van der Waals surface area contributed by atoms with Crippen LogP contribution in [0.4, 0.5) is 17.1 Å². The number of phosphoric acid groups is 1. The highest BCUT2D eigenvalue weighted by molar-refractivity contribution is 7.47. The molecule has 1 atom stereocenters. The highest BCUT2D eigenvalue weighted by Crippen LogP contribution is 2.43. The van der Waals surface area contributed by atoms with Gasteiger partial charge in [-0.1, -0.05) is 38.5 Å². The number of quaternary nitrogens is 1. The highest BCUT2D eigenvalue weighted by atomic mass is 31.2. The van der Waals surface area contributed by atoms with Gasteiger partial charge in [-0.25, -0.2) is 4.57 Å². The number of hydrogen-bond donors (Lipinski definition) is 1. The van der Waals surface area contributed by atoms with Gasteiger partial charge in [0.2, 0.25) is 0 Å². The standard InChI is InChI=1S/C29H47N4O5P/c1-32(2)28-18-14-26(15-19-28)30-31-27-16-20-29(21-17-27)36-23-12-10-8-6-7-9-11-13-24-37-39(34,35)38-25-22-33(3,4)5/h14-21H,6-13,22-25H2,1-5H3/p+1. The van der Waals surface area contributed by atoms with Crippen molar-refractivity contribution in [3.63, 3.8) is 0 Å². The smallest absolute Gasteiger partial charge is 0.472 e. The highest BCUT2D eigenvalue weighted by Gasteiger charge is 2.21. The van der Waals surface area contributed by atoms with Crippen LogP contribution in [0.15, 0.2) is 58.8 Å². The fraction of sp³-hybridized carbons (Fsp3) is 0.586. The lowest BCUT2D eigenvalue weighted by atomic mass is 10.1. The summed E-state index contributed by atoms with van der Waals surface area (Å²) in [7, 11) is 6.10. The first kappa shape index (κ1) is 32.9. The van der Waals surface area contributed by atoms with Gasteiger partial charge < -0.3 is 19.0 Å². The van der Waals surface area contributed by atoms with Crippen LogP contribution < -0.4 is 9.64 Å². The molecule has 1 N–H and O–H groups in total. The second kappa shape index (κ2) is 17.4. The molecule has 2 aromatic carbocycles. The van der Waals surface area contributed by atoms with E-state index in [1.54, 1.807) is 0 Å². The lowest BCUT2D eigenvalue weighted by molar-refractivity contribution is -0.870. The zero-order chi connectivity index (χ0) is 28.6. The summed E-state index contributed by atoms with van der Waals surface area (Å²) in [5, 5.41) is 8.60. The molecule has 0 fully saturated rings. The second-order valence-corrected chi connectivity index (χ2v) is 12.4. The maximum Gasteiger partial charge on any atom is 0.472 e. The first-order valence-corrected chi connectivity index (χ1v) is 15.4. The average Bonchev–Trinajstić information content (AvgIpc) is 2.88. The van der Waals surface area contributed by atoms with Crippen molar-refractivity contribution >= 4 is 24.9 Å². The van der Waals surface area contributed by atoms with Gasteiger partial charge in [0, 0.05) is 19.8 Å². The van der Waals surface area contributed by atoms with Gasteiger partial charge in [0.05, 0.1) is 45.7 Å². The van der Waals surface area contributed by atoms with Crippen LogP contribution >= 0.6 is 7.82 Å². The molecule has 0 aromatic heterocycles. The maximum absolute atomic E-state index is 11.9. The molecule has 9 nitrogen and oxygen atoms in total. The van der Waals surface area contributed by atoms with Gasteiger partial charge in [-0.2, -0.15) is 10.2 Å². The molecule has 39 heavy (non-hydrogen) atoms. The minimum absolute atomic E-state index is 0.203. The molecule has 0 bridgehead atoms. The number of benzene rings is 2. The molecule has 0 aliphatic heterocycles. The Morgan fingerprint density at radius 2 is 1.18 bits per heavy atom. The van der Waals surface area contributed by atoms with Gasteiger partial charge in [-0.15, -0.1) is 0 Å². The molecular weight excluding hydrogens is 515 g/mol. The van der Waals surface area contributed by atoms with E-state index in [2.05, 4.69) is 10.2 Å². The number of unbranched alkanes of at least 4 members (excludes halogenated alkanes) is 7. The SMILES string of the molecule is CN(C)c1ccc(N=Nc2ccc(OCCCCCCCCCCOP(=O)(O)OCC[N+](C)(C)C)cc2)cc1. The number of phosphoric ester groups is 1. The van der Waals surface area contributed by atoms with Crippen molar-refractivity contribution in [3.05, 3.63) is 48.5 Å². The largest absolute Gasteiger partial charge is 0.494 e. The van der Waals surface area contributed by atoms with Crippen LogP contribution in [0.3, 0.4) is 0 Å². The summed E-state index contributed by atoms with van der Waals surface area (Å²) in [5.74, 6) is 0.845. The van der Waals surface area contributed by atoms with E-state index in [1.165, 1.54) is 12.8 Å². The normalized spacial score (nSPS) is 13.5. The summed E-state index contributed by atoms with van der Waals surface area (Å²) in [6, 6.07) is 15.6. The van der Waals surface area contributed by atoms with Crippen LogP contribution in [0.25, 0.3) is 0 Å². The summed E-state index contributed by atoms with van der Waals surface area (Å²) < 4.78 is 28.4. The van der Waals surface area contributed by atoms with Crippen molar-refractivity contribution in [2.24, 2.45) is 10.2 Å². The van der Waals surface area contributed by atoms with Crippen molar-refractivity contribution in [2.75, 3.05) is 66.5 Å². The Morgan fingerprint density at radius 3 is 1.69 bits per heavy atom. The fourth-order valence-electron chi connectivity index (χ4n) is 3.64. The molecule has 0 saturated carbocycles. The molecule has 2 rings (SSSR count). The molecule has 218 valence electrons. The van der Waals surface area contributed by atoms with Crippen LogP contribution in [-0.2, 0) is 13.6 Å². The molecule has 0 saturated heterocycles. The van der Waals surface area contributed by atoms with Gasteiger partial charge in [-0.05, 0) is 61.4 Å². The molecule has 0 heterocycles. The van der Waals surface area contributed by atoms with E-state index < -0.39 is 7.82 Å². The van der Waals surface area contributed by atoms with E-state index in [0.717, 1.165) is 61.3 Å². The summed E-state index contributed by atoms with van der Waals surface area (Å²) in [6.07, 6.45) is 8.54. The first-order valence-electron chi connectivity index (χ1n) is 13.9. The third kappa shape index (κ3) is 15.8. The number of likely N-dealkylation sites (N-methyl/N-ethyl adjacent to an activating group) is 1. The molecule has 0 aliphatic rings. The van der Waals surface area contributed by atoms with Gasteiger partial charge >= 0.3 is 7.82 Å². The van der Waals surface area contributed by atoms with Crippen LogP contribution in [0, 0.1) is 0 Å². The molecule has 1 unspecified atom stereocenters. The van der Waals surface area contributed by atoms with E-state index in [4.69, 9.17) is 13.8 Å². The summed E-state index contributed by atoms with van der Waals surface area (Å²) in [4.78, 5) is 11.8. The Kier molecular flexibility index (Phi) is 14.7.